The summed E-state index contributed by atoms with van der Waals surface area (Å²) in [6.07, 6.45) is 2.87. The Bertz CT molecular complexity index is 658. The van der Waals surface area contributed by atoms with E-state index in [0.29, 0.717) is 12.7 Å². The smallest absolute Gasteiger partial charge is 0.289 e. The van der Waals surface area contributed by atoms with Gasteiger partial charge in [-0.25, -0.2) is 8.42 Å². The van der Waals surface area contributed by atoms with Crippen molar-refractivity contribution in [3.8, 4) is 0 Å². The molecule has 21 heavy (non-hydrogen) atoms. The summed E-state index contributed by atoms with van der Waals surface area (Å²) in [5.41, 5.74) is -0.469. The second kappa shape index (κ2) is 5.90. The van der Waals surface area contributed by atoms with Gasteiger partial charge in [-0.05, 0) is 12.5 Å². The minimum absolute atomic E-state index is 0.360. The van der Waals surface area contributed by atoms with Gasteiger partial charge in [-0.15, -0.1) is 0 Å². The van der Waals surface area contributed by atoms with Crippen molar-refractivity contribution in [3.63, 3.8) is 0 Å². The van der Waals surface area contributed by atoms with Crippen LogP contribution in [0, 0.1) is 10.1 Å². The zero-order valence-corrected chi connectivity index (χ0v) is 12.3. The summed E-state index contributed by atoms with van der Waals surface area (Å²) >= 11 is 0. The highest BCUT2D eigenvalue weighted by molar-refractivity contribution is 7.89. The van der Waals surface area contributed by atoms with Crippen LogP contribution in [0.1, 0.15) is 26.2 Å². The molecule has 1 aliphatic rings. The van der Waals surface area contributed by atoms with Gasteiger partial charge in [0, 0.05) is 12.1 Å². The van der Waals surface area contributed by atoms with Crippen LogP contribution < -0.4 is 0 Å². The fourth-order valence-corrected chi connectivity index (χ4v) is 4.34. The van der Waals surface area contributed by atoms with Crippen molar-refractivity contribution in [2.45, 2.75) is 43.2 Å². The van der Waals surface area contributed by atoms with E-state index in [9.17, 15) is 23.3 Å². The first-order chi connectivity index (χ1) is 9.95. The van der Waals surface area contributed by atoms with Gasteiger partial charge in [0.25, 0.3) is 15.7 Å². The third kappa shape index (κ3) is 2.81. The Morgan fingerprint density at radius 2 is 2.05 bits per heavy atom. The number of rotatable bonds is 7. The lowest BCUT2D eigenvalue weighted by molar-refractivity contribution is -0.387. The van der Waals surface area contributed by atoms with E-state index in [1.807, 2.05) is 6.92 Å². The van der Waals surface area contributed by atoms with Crippen molar-refractivity contribution in [2.75, 3.05) is 0 Å². The molecule has 1 aromatic rings. The summed E-state index contributed by atoms with van der Waals surface area (Å²) < 4.78 is 26.1. The molecule has 114 valence electrons. The van der Waals surface area contributed by atoms with Gasteiger partial charge in [0.2, 0.25) is 0 Å². The predicted molar refractivity (Wildman–Crippen MR) is 75.3 cm³/mol. The first-order valence-corrected chi connectivity index (χ1v) is 8.11. The molecule has 1 saturated heterocycles. The first kappa shape index (κ1) is 15.6. The van der Waals surface area contributed by atoms with E-state index in [4.69, 9.17) is 0 Å². The summed E-state index contributed by atoms with van der Waals surface area (Å²) in [6.45, 7) is 1.97. The molecule has 1 aromatic carbocycles. The second-order valence-corrected chi connectivity index (χ2v) is 6.71. The van der Waals surface area contributed by atoms with Gasteiger partial charge in [-0.2, -0.15) is 4.31 Å². The van der Waals surface area contributed by atoms with E-state index < -0.39 is 26.7 Å². The predicted octanol–water partition coefficient (Wildman–Crippen LogP) is 1.73. The Morgan fingerprint density at radius 1 is 1.38 bits per heavy atom. The maximum Gasteiger partial charge on any atom is 0.289 e. The monoisotopic (exact) mass is 312 g/mol. The number of hydrogen-bond acceptors (Lipinski definition) is 5. The number of unbranched alkanes of at least 4 members (excludes halogenated alkanes) is 1. The van der Waals surface area contributed by atoms with Crippen LogP contribution in [0.15, 0.2) is 29.2 Å². The number of nitrogens with zero attached hydrogens (tertiary/aromatic N) is 2. The molecule has 1 fully saturated rings. The number of benzene rings is 1. The number of aldehydes is 1. The SMILES string of the molecule is CCCC[C@@H]1[C@H](C=O)N1S(=O)(=O)c1ccccc1[N+](=O)[O-]. The molecular weight excluding hydrogens is 296 g/mol. The summed E-state index contributed by atoms with van der Waals surface area (Å²) in [5.74, 6) is 0. The largest absolute Gasteiger partial charge is 0.302 e. The van der Waals surface area contributed by atoms with Crippen LogP contribution in [-0.4, -0.2) is 36.0 Å². The number of nitro groups is 1. The number of nitro benzene ring substituents is 1. The van der Waals surface area contributed by atoms with Crippen LogP contribution in [0.2, 0.25) is 0 Å². The van der Waals surface area contributed by atoms with Crippen LogP contribution in [0.4, 0.5) is 5.69 Å². The molecule has 0 radical (unpaired) electrons. The Balaban J connectivity index is 2.35. The fourth-order valence-electron chi connectivity index (χ4n) is 2.42. The van der Waals surface area contributed by atoms with Gasteiger partial charge >= 0.3 is 0 Å². The average Bonchev–Trinajstić information content (AvgIpc) is 3.19. The summed E-state index contributed by atoms with van der Waals surface area (Å²) in [5, 5.41) is 11.0. The molecule has 1 heterocycles. The third-order valence-electron chi connectivity index (χ3n) is 3.54. The third-order valence-corrected chi connectivity index (χ3v) is 5.51. The van der Waals surface area contributed by atoms with Crippen LogP contribution in [0.5, 0.6) is 0 Å². The molecule has 0 saturated carbocycles. The zero-order valence-electron chi connectivity index (χ0n) is 11.5. The van der Waals surface area contributed by atoms with Gasteiger partial charge in [0.1, 0.15) is 6.29 Å². The van der Waals surface area contributed by atoms with E-state index in [2.05, 4.69) is 0 Å². The zero-order chi connectivity index (χ0) is 15.6. The Morgan fingerprint density at radius 3 is 2.62 bits per heavy atom. The van der Waals surface area contributed by atoms with E-state index in [0.717, 1.165) is 23.2 Å². The summed E-state index contributed by atoms with van der Waals surface area (Å²) in [7, 11) is -4.02. The molecule has 0 aliphatic carbocycles. The molecule has 0 bridgehead atoms. The summed E-state index contributed by atoms with van der Waals surface area (Å²) in [6, 6.07) is 4.09. The number of carbonyl (C=O) groups excluding carboxylic acids is 1. The fraction of sp³-hybridized carbons (Fsp3) is 0.462. The average molecular weight is 312 g/mol. The molecule has 3 atom stereocenters. The van der Waals surface area contributed by atoms with Crippen molar-refractivity contribution in [2.24, 2.45) is 0 Å². The standard InChI is InChI=1S/C13H16N2O5S/c1-2-3-6-10-12(9-16)14(10)21(19,20)13-8-5-4-7-11(13)15(17)18/h4-5,7-10,12H,2-3,6H2,1H3/t10-,12+,14?/m1/s1. The molecule has 7 nitrogen and oxygen atoms in total. The lowest BCUT2D eigenvalue weighted by Gasteiger charge is -2.06. The van der Waals surface area contributed by atoms with Gasteiger partial charge in [-0.3, -0.25) is 10.1 Å². The van der Waals surface area contributed by atoms with Crippen LogP contribution in [0.3, 0.4) is 0 Å². The van der Waals surface area contributed by atoms with Crippen LogP contribution in [0.25, 0.3) is 0 Å². The van der Waals surface area contributed by atoms with Gasteiger partial charge < -0.3 is 4.79 Å². The molecule has 0 amide bonds. The molecular formula is C13H16N2O5S. The second-order valence-electron chi connectivity index (χ2n) is 4.90. The minimum Gasteiger partial charge on any atom is -0.302 e. The maximum atomic E-state index is 12.5. The summed E-state index contributed by atoms with van der Waals surface area (Å²) in [4.78, 5) is 20.9. The minimum atomic E-state index is -4.02. The van der Waals surface area contributed by atoms with Gasteiger partial charge in [0.05, 0.1) is 11.0 Å². The Kier molecular flexibility index (Phi) is 4.38. The lowest BCUT2D eigenvalue weighted by Crippen LogP contribution is -2.17. The quantitative estimate of drug-likeness (QED) is 0.330. The molecule has 2 rings (SSSR count). The van der Waals surface area contributed by atoms with E-state index in [1.54, 1.807) is 0 Å². The Labute approximate surface area is 122 Å². The maximum absolute atomic E-state index is 12.5. The van der Waals surface area contributed by atoms with Crippen molar-refractivity contribution in [1.82, 2.24) is 4.31 Å². The van der Waals surface area contributed by atoms with E-state index in [1.165, 1.54) is 18.2 Å². The van der Waals surface area contributed by atoms with Crippen molar-refractivity contribution < 1.29 is 18.1 Å². The number of hydrogen-bond donors (Lipinski definition) is 0. The van der Waals surface area contributed by atoms with Crippen molar-refractivity contribution in [3.05, 3.63) is 34.4 Å². The van der Waals surface area contributed by atoms with Crippen molar-refractivity contribution in [1.29, 1.82) is 0 Å². The molecule has 8 heteroatoms. The van der Waals surface area contributed by atoms with Crippen LogP contribution >= 0.6 is 0 Å². The number of para-hydroxylation sites is 1. The molecule has 1 aliphatic heterocycles. The highest BCUT2D eigenvalue weighted by Gasteiger charge is 2.56. The topological polar surface area (TPSA) is 97.4 Å². The van der Waals surface area contributed by atoms with Gasteiger partial charge in [0.15, 0.2) is 4.90 Å². The van der Waals surface area contributed by atoms with E-state index >= 15 is 0 Å². The molecule has 0 spiro atoms. The van der Waals surface area contributed by atoms with E-state index in [-0.39, 0.29) is 10.9 Å². The van der Waals surface area contributed by atoms with Gasteiger partial charge in [-0.1, -0.05) is 31.9 Å². The molecule has 0 N–H and O–H groups in total. The number of sulfonamides is 1. The molecule has 1 unspecified atom stereocenters. The highest BCUT2D eigenvalue weighted by atomic mass is 32.2. The lowest BCUT2D eigenvalue weighted by atomic mass is 10.2. The number of carbonyl (C=O) groups is 1. The van der Waals surface area contributed by atoms with Crippen LogP contribution in [-0.2, 0) is 14.8 Å². The first-order valence-electron chi connectivity index (χ1n) is 6.67. The Hall–Kier alpha value is -1.80. The highest BCUT2D eigenvalue weighted by Crippen LogP contribution is 2.39. The van der Waals surface area contributed by atoms with Crippen molar-refractivity contribution >= 4 is 22.0 Å². The normalized spacial score (nSPS) is 24.5. The molecule has 0 aromatic heterocycles.